The molecule has 2 aromatic carbocycles. The standard InChI is InChI=1S/C23H26N2O3/c1-15-3-5-16(6-4-15)13-22-24-20-14-19(11-12-21(20)25(22)2)28-18-9-7-17(8-10-18)23(26)27/h3-6,11-12,14,17-18H,7-10,13H2,1-2H3,(H,26,27)/t17-,18+. The van der Waals surface area contributed by atoms with Gasteiger partial charge in [-0.05, 0) is 50.3 Å². The Morgan fingerprint density at radius 2 is 1.86 bits per heavy atom. The number of benzene rings is 2. The average Bonchev–Trinajstić information content (AvgIpc) is 2.99. The van der Waals surface area contributed by atoms with Gasteiger partial charge in [0.2, 0.25) is 0 Å². The Bertz CT molecular complexity index is 983. The van der Waals surface area contributed by atoms with E-state index >= 15 is 0 Å². The summed E-state index contributed by atoms with van der Waals surface area (Å²) in [5, 5.41) is 9.13. The van der Waals surface area contributed by atoms with Crippen LogP contribution in [0.25, 0.3) is 11.0 Å². The van der Waals surface area contributed by atoms with E-state index in [1.54, 1.807) is 0 Å². The zero-order chi connectivity index (χ0) is 19.7. The van der Waals surface area contributed by atoms with Crippen LogP contribution in [-0.2, 0) is 18.3 Å². The number of hydrogen-bond donors (Lipinski definition) is 1. The molecular weight excluding hydrogens is 352 g/mol. The van der Waals surface area contributed by atoms with E-state index in [4.69, 9.17) is 14.8 Å². The SMILES string of the molecule is Cc1ccc(Cc2nc3cc(O[C@H]4CC[C@@H](C(=O)O)CC4)ccc3n2C)cc1. The maximum atomic E-state index is 11.1. The van der Waals surface area contributed by atoms with E-state index in [1.165, 1.54) is 11.1 Å². The molecule has 4 rings (SSSR count). The second kappa shape index (κ2) is 7.66. The van der Waals surface area contributed by atoms with Crippen molar-refractivity contribution in [3.63, 3.8) is 0 Å². The fourth-order valence-electron chi connectivity index (χ4n) is 3.97. The Balaban J connectivity index is 1.48. The third-order valence-corrected chi connectivity index (χ3v) is 5.75. The zero-order valence-corrected chi connectivity index (χ0v) is 16.4. The lowest BCUT2D eigenvalue weighted by Gasteiger charge is -2.26. The van der Waals surface area contributed by atoms with Crippen molar-refractivity contribution in [3.8, 4) is 5.75 Å². The maximum Gasteiger partial charge on any atom is 0.306 e. The number of carboxylic acid groups (broad SMARTS) is 1. The number of imidazole rings is 1. The fraction of sp³-hybridized carbons (Fsp3) is 0.391. The van der Waals surface area contributed by atoms with E-state index in [2.05, 4.69) is 41.8 Å². The monoisotopic (exact) mass is 378 g/mol. The van der Waals surface area contributed by atoms with Gasteiger partial charge in [-0.25, -0.2) is 4.98 Å². The number of aromatic nitrogens is 2. The van der Waals surface area contributed by atoms with Crippen molar-refractivity contribution in [2.45, 2.75) is 45.1 Å². The lowest BCUT2D eigenvalue weighted by atomic mass is 9.87. The van der Waals surface area contributed by atoms with Crippen molar-refractivity contribution in [2.75, 3.05) is 0 Å². The smallest absolute Gasteiger partial charge is 0.306 e. The number of fused-ring (bicyclic) bond motifs is 1. The molecule has 0 spiro atoms. The molecule has 1 aromatic heterocycles. The second-order valence-electron chi connectivity index (χ2n) is 7.83. The highest BCUT2D eigenvalue weighted by Gasteiger charge is 2.27. The summed E-state index contributed by atoms with van der Waals surface area (Å²) in [6.45, 7) is 2.09. The molecule has 1 aliphatic carbocycles. The molecule has 3 aromatic rings. The summed E-state index contributed by atoms with van der Waals surface area (Å²) in [5.41, 5.74) is 4.52. The highest BCUT2D eigenvalue weighted by atomic mass is 16.5. The Labute approximate surface area is 165 Å². The van der Waals surface area contributed by atoms with Crippen LogP contribution in [0.15, 0.2) is 42.5 Å². The Morgan fingerprint density at radius 3 is 2.54 bits per heavy atom. The van der Waals surface area contributed by atoms with Gasteiger partial charge in [-0.3, -0.25) is 4.79 Å². The first-order valence-corrected chi connectivity index (χ1v) is 9.90. The maximum absolute atomic E-state index is 11.1. The minimum Gasteiger partial charge on any atom is -0.490 e. The summed E-state index contributed by atoms with van der Waals surface area (Å²) in [7, 11) is 2.05. The molecule has 1 fully saturated rings. The summed E-state index contributed by atoms with van der Waals surface area (Å²) in [5.74, 6) is 0.932. The molecule has 0 amide bonds. The van der Waals surface area contributed by atoms with Crippen LogP contribution < -0.4 is 4.74 Å². The molecule has 0 bridgehead atoms. The number of carbonyl (C=O) groups is 1. The first-order valence-electron chi connectivity index (χ1n) is 9.90. The van der Waals surface area contributed by atoms with Gasteiger partial charge in [0.25, 0.3) is 0 Å². The first kappa shape index (κ1) is 18.5. The van der Waals surface area contributed by atoms with Gasteiger partial charge in [-0.15, -0.1) is 0 Å². The number of nitrogens with zero attached hydrogens (tertiary/aromatic N) is 2. The number of hydrogen-bond acceptors (Lipinski definition) is 3. The molecule has 1 N–H and O–H groups in total. The molecular formula is C23H26N2O3. The van der Waals surface area contributed by atoms with Gasteiger partial charge in [0.15, 0.2) is 0 Å². The van der Waals surface area contributed by atoms with Crippen LogP contribution >= 0.6 is 0 Å². The molecule has 0 saturated heterocycles. The molecule has 0 aliphatic heterocycles. The number of ether oxygens (including phenoxy) is 1. The number of aliphatic carboxylic acids is 1. The molecule has 1 saturated carbocycles. The highest BCUT2D eigenvalue weighted by molar-refractivity contribution is 5.77. The van der Waals surface area contributed by atoms with Gasteiger partial charge in [0.1, 0.15) is 11.6 Å². The van der Waals surface area contributed by atoms with Crippen LogP contribution in [0, 0.1) is 12.8 Å². The molecule has 0 unspecified atom stereocenters. The van der Waals surface area contributed by atoms with Crippen LogP contribution in [-0.4, -0.2) is 26.7 Å². The largest absolute Gasteiger partial charge is 0.490 e. The third-order valence-electron chi connectivity index (χ3n) is 5.75. The second-order valence-corrected chi connectivity index (χ2v) is 7.83. The number of carboxylic acids is 1. The van der Waals surface area contributed by atoms with E-state index in [1.807, 2.05) is 19.2 Å². The van der Waals surface area contributed by atoms with Crippen molar-refractivity contribution in [1.29, 1.82) is 0 Å². The van der Waals surface area contributed by atoms with Crippen molar-refractivity contribution < 1.29 is 14.6 Å². The molecule has 28 heavy (non-hydrogen) atoms. The molecule has 1 aliphatic rings. The van der Waals surface area contributed by atoms with E-state index in [0.717, 1.165) is 41.9 Å². The van der Waals surface area contributed by atoms with E-state index in [9.17, 15) is 4.79 Å². The molecule has 146 valence electrons. The summed E-state index contributed by atoms with van der Waals surface area (Å²) < 4.78 is 8.27. The van der Waals surface area contributed by atoms with E-state index < -0.39 is 5.97 Å². The van der Waals surface area contributed by atoms with Crippen molar-refractivity contribution in [2.24, 2.45) is 13.0 Å². The van der Waals surface area contributed by atoms with Gasteiger partial charge in [0.05, 0.1) is 23.1 Å². The van der Waals surface area contributed by atoms with Crippen LogP contribution in [0.3, 0.4) is 0 Å². The topological polar surface area (TPSA) is 64.3 Å². The van der Waals surface area contributed by atoms with E-state index in [-0.39, 0.29) is 12.0 Å². The predicted molar refractivity (Wildman–Crippen MR) is 109 cm³/mol. The van der Waals surface area contributed by atoms with Crippen LogP contribution in [0.5, 0.6) is 5.75 Å². The lowest BCUT2D eigenvalue weighted by molar-refractivity contribution is -0.143. The van der Waals surface area contributed by atoms with Crippen LogP contribution in [0.1, 0.15) is 42.6 Å². The lowest BCUT2D eigenvalue weighted by Crippen LogP contribution is -2.27. The Morgan fingerprint density at radius 1 is 1.14 bits per heavy atom. The summed E-state index contributed by atoms with van der Waals surface area (Å²) >= 11 is 0. The summed E-state index contributed by atoms with van der Waals surface area (Å²) in [6, 6.07) is 14.6. The molecule has 0 radical (unpaired) electrons. The van der Waals surface area contributed by atoms with Gasteiger partial charge >= 0.3 is 5.97 Å². The van der Waals surface area contributed by atoms with Gasteiger partial charge in [0, 0.05) is 19.5 Å². The molecule has 5 heteroatoms. The first-order chi connectivity index (χ1) is 13.5. The van der Waals surface area contributed by atoms with Crippen molar-refractivity contribution >= 4 is 17.0 Å². The molecule has 0 atom stereocenters. The Kier molecular flexibility index (Phi) is 5.07. The zero-order valence-electron chi connectivity index (χ0n) is 16.4. The average molecular weight is 378 g/mol. The Hall–Kier alpha value is -2.82. The third kappa shape index (κ3) is 3.88. The van der Waals surface area contributed by atoms with Crippen molar-refractivity contribution in [3.05, 3.63) is 59.4 Å². The predicted octanol–water partition coefficient (Wildman–Crippen LogP) is 4.49. The minimum absolute atomic E-state index is 0.0868. The van der Waals surface area contributed by atoms with E-state index in [0.29, 0.717) is 12.8 Å². The number of rotatable bonds is 5. The fourth-order valence-corrected chi connectivity index (χ4v) is 3.97. The highest BCUT2D eigenvalue weighted by Crippen LogP contribution is 2.29. The van der Waals surface area contributed by atoms with Gasteiger partial charge in [-0.2, -0.15) is 0 Å². The van der Waals surface area contributed by atoms with Gasteiger partial charge in [-0.1, -0.05) is 29.8 Å². The normalized spacial score (nSPS) is 19.6. The quantitative estimate of drug-likeness (QED) is 0.710. The van der Waals surface area contributed by atoms with Crippen LogP contribution in [0.4, 0.5) is 0 Å². The number of aryl methyl sites for hydroxylation is 2. The van der Waals surface area contributed by atoms with Crippen molar-refractivity contribution in [1.82, 2.24) is 9.55 Å². The molecule has 1 heterocycles. The summed E-state index contributed by atoms with van der Waals surface area (Å²) in [6.07, 6.45) is 3.83. The minimum atomic E-state index is -0.686. The molecule has 5 nitrogen and oxygen atoms in total. The van der Waals surface area contributed by atoms with Crippen LogP contribution in [0.2, 0.25) is 0 Å². The summed E-state index contributed by atoms with van der Waals surface area (Å²) in [4.78, 5) is 15.9. The van der Waals surface area contributed by atoms with Gasteiger partial charge < -0.3 is 14.4 Å².